The van der Waals surface area contributed by atoms with E-state index < -0.39 is 0 Å². The molecule has 2 rings (SSSR count). The first-order valence-corrected chi connectivity index (χ1v) is 5.00. The number of hydrogen-bond acceptors (Lipinski definition) is 3. The van der Waals surface area contributed by atoms with E-state index in [0.29, 0.717) is 17.3 Å². The fourth-order valence-electron chi connectivity index (χ4n) is 1.17. The second-order valence-electron chi connectivity index (χ2n) is 3.13. The Morgan fingerprint density at radius 3 is 2.94 bits per heavy atom. The average molecular weight is 237 g/mol. The Morgan fingerprint density at radius 2 is 2.31 bits per heavy atom. The summed E-state index contributed by atoms with van der Waals surface area (Å²) in [6, 6.07) is 3.20. The maximum atomic E-state index is 11.6. The van der Waals surface area contributed by atoms with E-state index in [9.17, 15) is 4.79 Å². The van der Waals surface area contributed by atoms with Gasteiger partial charge in [-0.3, -0.25) is 4.79 Å². The molecule has 0 spiro atoms. The smallest absolute Gasteiger partial charge is 0.253 e. The van der Waals surface area contributed by atoms with Crippen molar-refractivity contribution in [1.82, 2.24) is 20.3 Å². The van der Waals surface area contributed by atoms with Crippen molar-refractivity contribution in [3.8, 4) is 0 Å². The maximum Gasteiger partial charge on any atom is 0.253 e. The predicted molar refractivity (Wildman–Crippen MR) is 59.0 cm³/mol. The summed E-state index contributed by atoms with van der Waals surface area (Å²) in [7, 11) is 0. The van der Waals surface area contributed by atoms with Crippen LogP contribution in [0.4, 0.5) is 0 Å². The first-order valence-electron chi connectivity index (χ1n) is 4.63. The molecule has 2 aromatic heterocycles. The van der Waals surface area contributed by atoms with Crippen LogP contribution in [0, 0.1) is 0 Å². The molecule has 5 nitrogen and oxygen atoms in total. The summed E-state index contributed by atoms with van der Waals surface area (Å²) in [5.41, 5.74) is 1.32. The Labute approximate surface area is 96.9 Å². The monoisotopic (exact) mass is 236 g/mol. The fourth-order valence-corrected chi connectivity index (χ4v) is 1.28. The Hall–Kier alpha value is -1.88. The molecule has 0 aliphatic rings. The summed E-state index contributed by atoms with van der Waals surface area (Å²) in [4.78, 5) is 22.2. The Bertz CT molecular complexity index is 466. The van der Waals surface area contributed by atoms with Crippen LogP contribution in [0.5, 0.6) is 0 Å². The highest BCUT2D eigenvalue weighted by Crippen LogP contribution is 2.05. The minimum Gasteiger partial charge on any atom is -0.347 e. The molecular formula is C10H9ClN4O. The van der Waals surface area contributed by atoms with Gasteiger partial charge in [0.05, 0.1) is 24.1 Å². The van der Waals surface area contributed by atoms with E-state index in [4.69, 9.17) is 11.6 Å². The number of nitrogens with one attached hydrogen (secondary N) is 2. The molecule has 0 aliphatic heterocycles. The van der Waals surface area contributed by atoms with Gasteiger partial charge in [-0.2, -0.15) is 0 Å². The summed E-state index contributed by atoms with van der Waals surface area (Å²) >= 11 is 5.62. The summed E-state index contributed by atoms with van der Waals surface area (Å²) in [6.45, 7) is 0.404. The lowest BCUT2D eigenvalue weighted by atomic mass is 10.2. The van der Waals surface area contributed by atoms with Gasteiger partial charge < -0.3 is 10.3 Å². The van der Waals surface area contributed by atoms with E-state index in [0.717, 1.165) is 5.69 Å². The topological polar surface area (TPSA) is 70.7 Å². The molecular weight excluding hydrogens is 228 g/mol. The van der Waals surface area contributed by atoms with Crippen LogP contribution in [0.3, 0.4) is 0 Å². The van der Waals surface area contributed by atoms with Crippen LogP contribution >= 0.6 is 11.6 Å². The molecule has 0 fully saturated rings. The molecule has 0 saturated heterocycles. The maximum absolute atomic E-state index is 11.6. The van der Waals surface area contributed by atoms with Crippen molar-refractivity contribution in [2.24, 2.45) is 0 Å². The molecule has 6 heteroatoms. The number of hydrogen-bond donors (Lipinski definition) is 2. The van der Waals surface area contributed by atoms with E-state index in [1.54, 1.807) is 24.7 Å². The number of imidazole rings is 1. The van der Waals surface area contributed by atoms with Crippen molar-refractivity contribution in [3.63, 3.8) is 0 Å². The minimum atomic E-state index is -0.196. The third-order valence-electron chi connectivity index (χ3n) is 1.98. The highest BCUT2D eigenvalue weighted by atomic mass is 35.5. The second-order valence-corrected chi connectivity index (χ2v) is 3.52. The van der Waals surface area contributed by atoms with Gasteiger partial charge in [0.25, 0.3) is 5.91 Å². The molecule has 2 aromatic rings. The lowest BCUT2D eigenvalue weighted by molar-refractivity contribution is 0.0950. The van der Waals surface area contributed by atoms with E-state index in [2.05, 4.69) is 20.3 Å². The second kappa shape index (κ2) is 4.76. The SMILES string of the molecule is O=C(NCc1cnc[nH]1)c1ccc(Cl)nc1. The fraction of sp³-hybridized carbons (Fsp3) is 0.100. The van der Waals surface area contributed by atoms with Gasteiger partial charge in [-0.15, -0.1) is 0 Å². The number of rotatable bonds is 3. The van der Waals surface area contributed by atoms with Gasteiger partial charge in [0, 0.05) is 12.4 Å². The van der Waals surface area contributed by atoms with Gasteiger partial charge in [0.15, 0.2) is 0 Å². The van der Waals surface area contributed by atoms with E-state index in [-0.39, 0.29) is 5.91 Å². The van der Waals surface area contributed by atoms with Crippen LogP contribution in [0.25, 0.3) is 0 Å². The van der Waals surface area contributed by atoms with Gasteiger partial charge in [-0.25, -0.2) is 9.97 Å². The quantitative estimate of drug-likeness (QED) is 0.791. The number of carbonyl (C=O) groups is 1. The number of aromatic amines is 1. The molecule has 0 radical (unpaired) electrons. The highest BCUT2D eigenvalue weighted by molar-refractivity contribution is 6.29. The van der Waals surface area contributed by atoms with Gasteiger partial charge in [-0.1, -0.05) is 11.6 Å². The highest BCUT2D eigenvalue weighted by Gasteiger charge is 2.05. The molecule has 16 heavy (non-hydrogen) atoms. The van der Waals surface area contributed by atoms with Gasteiger partial charge in [-0.05, 0) is 12.1 Å². The van der Waals surface area contributed by atoms with Gasteiger partial charge >= 0.3 is 0 Å². The number of H-pyrrole nitrogens is 1. The third kappa shape index (κ3) is 2.58. The predicted octanol–water partition coefficient (Wildman–Crippen LogP) is 1.39. The number of aromatic nitrogens is 3. The lowest BCUT2D eigenvalue weighted by Crippen LogP contribution is -2.23. The normalized spacial score (nSPS) is 10.1. The molecule has 0 aromatic carbocycles. The Kier molecular flexibility index (Phi) is 3.16. The molecule has 0 saturated carbocycles. The molecule has 0 atom stereocenters. The zero-order chi connectivity index (χ0) is 11.4. The van der Waals surface area contributed by atoms with Crippen molar-refractivity contribution in [3.05, 3.63) is 47.3 Å². The van der Waals surface area contributed by atoms with Crippen LogP contribution < -0.4 is 5.32 Å². The van der Waals surface area contributed by atoms with Crippen molar-refractivity contribution in [1.29, 1.82) is 0 Å². The lowest BCUT2D eigenvalue weighted by Gasteiger charge is -2.02. The molecule has 0 aliphatic carbocycles. The van der Waals surface area contributed by atoms with Crippen molar-refractivity contribution in [2.45, 2.75) is 6.54 Å². The van der Waals surface area contributed by atoms with Crippen LogP contribution in [-0.4, -0.2) is 20.9 Å². The number of nitrogens with zero attached hydrogens (tertiary/aromatic N) is 2. The van der Waals surface area contributed by atoms with E-state index in [1.807, 2.05) is 0 Å². The number of carbonyl (C=O) groups excluding carboxylic acids is 1. The van der Waals surface area contributed by atoms with Gasteiger partial charge in [0.1, 0.15) is 5.15 Å². The van der Waals surface area contributed by atoms with Crippen molar-refractivity contribution in [2.75, 3.05) is 0 Å². The summed E-state index contributed by atoms with van der Waals surface area (Å²) in [5, 5.41) is 3.09. The standard InChI is InChI=1S/C10H9ClN4O/c11-9-2-1-7(3-13-9)10(16)14-5-8-4-12-6-15-8/h1-4,6H,5H2,(H,12,15)(H,14,16). The molecule has 2 N–H and O–H groups in total. The largest absolute Gasteiger partial charge is 0.347 e. The summed E-state index contributed by atoms with van der Waals surface area (Å²) in [5.74, 6) is -0.196. The van der Waals surface area contributed by atoms with Gasteiger partial charge in [0.2, 0.25) is 0 Å². The molecule has 1 amide bonds. The molecule has 2 heterocycles. The van der Waals surface area contributed by atoms with Crippen LogP contribution in [-0.2, 0) is 6.54 Å². The first kappa shape index (κ1) is 10.6. The molecule has 0 unspecified atom stereocenters. The van der Waals surface area contributed by atoms with E-state index >= 15 is 0 Å². The minimum absolute atomic E-state index is 0.196. The first-order chi connectivity index (χ1) is 7.75. The van der Waals surface area contributed by atoms with E-state index in [1.165, 1.54) is 6.20 Å². The average Bonchev–Trinajstić information content (AvgIpc) is 2.80. The van der Waals surface area contributed by atoms with Crippen molar-refractivity contribution >= 4 is 17.5 Å². The Balaban J connectivity index is 1.95. The molecule has 82 valence electrons. The van der Waals surface area contributed by atoms with Crippen molar-refractivity contribution < 1.29 is 4.79 Å². The summed E-state index contributed by atoms with van der Waals surface area (Å²) in [6.07, 6.45) is 4.65. The molecule has 0 bridgehead atoms. The summed E-state index contributed by atoms with van der Waals surface area (Å²) < 4.78 is 0. The Morgan fingerprint density at radius 1 is 1.44 bits per heavy atom. The number of amides is 1. The van der Waals surface area contributed by atoms with Crippen LogP contribution in [0.2, 0.25) is 5.15 Å². The zero-order valence-corrected chi connectivity index (χ0v) is 9.03. The zero-order valence-electron chi connectivity index (χ0n) is 8.27. The number of halogens is 1. The van der Waals surface area contributed by atoms with Crippen LogP contribution in [0.1, 0.15) is 16.1 Å². The van der Waals surface area contributed by atoms with Crippen LogP contribution in [0.15, 0.2) is 30.9 Å². The number of pyridine rings is 1. The third-order valence-corrected chi connectivity index (χ3v) is 2.21.